The van der Waals surface area contributed by atoms with Crippen molar-refractivity contribution in [3.63, 3.8) is 0 Å². The van der Waals surface area contributed by atoms with E-state index in [-0.39, 0.29) is 17.9 Å². The Labute approximate surface area is 201 Å². The molecule has 10 nitrogen and oxygen atoms in total. The first-order valence-electron chi connectivity index (χ1n) is 10.0. The third-order valence-corrected chi connectivity index (χ3v) is 10.2. The molecule has 6 rings (SSSR count). The van der Waals surface area contributed by atoms with Crippen LogP contribution in [0.5, 0.6) is 17.2 Å². The van der Waals surface area contributed by atoms with E-state index in [1.807, 2.05) is 0 Å². The molecule has 1 aliphatic carbocycles. The molecule has 7 atom stereocenters. The van der Waals surface area contributed by atoms with Crippen molar-refractivity contribution in [2.24, 2.45) is 0 Å². The molecule has 4 heterocycles. The van der Waals surface area contributed by atoms with Crippen LogP contribution in [0.15, 0.2) is 24.3 Å². The van der Waals surface area contributed by atoms with Gasteiger partial charge in [-0.1, -0.05) is 39.8 Å². The maximum atomic E-state index is 13.5. The average Bonchev–Trinajstić information content (AvgIpc) is 2.99. The first kappa shape index (κ1) is 22.9. The smallest absolute Gasteiger partial charge is 0.272 e. The van der Waals surface area contributed by atoms with E-state index in [1.165, 1.54) is 37.2 Å². The van der Waals surface area contributed by atoms with Crippen molar-refractivity contribution in [3.05, 3.63) is 29.8 Å². The number of alkyl halides is 1. The normalized spacial score (nSPS) is 39.4. The molecule has 4 aliphatic heterocycles. The summed E-state index contributed by atoms with van der Waals surface area (Å²) in [6, 6.07) is 2.12. The molecule has 2 amide bonds. The lowest BCUT2D eigenvalue weighted by molar-refractivity contribution is -0.313. The third-order valence-electron chi connectivity index (χ3n) is 6.38. The van der Waals surface area contributed by atoms with Crippen LogP contribution in [-0.2, 0) is 14.4 Å². The number of benzene rings is 1. The Morgan fingerprint density at radius 1 is 1.27 bits per heavy atom. The van der Waals surface area contributed by atoms with E-state index in [2.05, 4.69) is 5.32 Å². The highest BCUT2D eigenvalue weighted by molar-refractivity contribution is 8.77. The second-order valence-electron chi connectivity index (χ2n) is 8.18. The number of aliphatic hydroxyl groups excluding tert-OH is 1. The summed E-state index contributed by atoms with van der Waals surface area (Å²) in [4.78, 5) is 31.0. The van der Waals surface area contributed by atoms with Crippen LogP contribution in [0.2, 0.25) is 0 Å². The number of nitrogens with zero attached hydrogens (tertiary/aromatic N) is 1. The van der Waals surface area contributed by atoms with Crippen LogP contribution in [-0.4, -0.2) is 80.5 Å². The number of piperazine rings is 1. The van der Waals surface area contributed by atoms with E-state index in [9.17, 15) is 24.9 Å². The number of aromatic hydroxyl groups is 1. The van der Waals surface area contributed by atoms with Gasteiger partial charge in [-0.25, -0.2) is 0 Å². The number of phenolic OH excluding ortho intramolecular Hbond substituents is 1. The van der Waals surface area contributed by atoms with Crippen molar-refractivity contribution in [1.82, 2.24) is 10.4 Å². The van der Waals surface area contributed by atoms with Gasteiger partial charge in [0.25, 0.3) is 11.8 Å². The lowest BCUT2D eigenvalue weighted by Crippen LogP contribution is -2.77. The Balaban J connectivity index is 1.58. The lowest BCUT2D eigenvalue weighted by atomic mass is 9.77. The maximum Gasteiger partial charge on any atom is 0.272 e. The number of amides is 2. The summed E-state index contributed by atoms with van der Waals surface area (Å²) in [5.41, 5.74) is -1.44. The highest BCUT2D eigenvalue weighted by atomic mass is 35.5. The van der Waals surface area contributed by atoms with Gasteiger partial charge in [0.05, 0.1) is 24.8 Å². The lowest BCUT2D eigenvalue weighted by Gasteiger charge is -2.56. The summed E-state index contributed by atoms with van der Waals surface area (Å²) in [5.74, 6) is -0.908. The summed E-state index contributed by atoms with van der Waals surface area (Å²) in [7, 11) is 5.04. The third kappa shape index (κ3) is 3.08. The zero-order valence-corrected chi connectivity index (χ0v) is 19.8. The number of ether oxygens (including phenoxy) is 2. The Bertz CT molecular complexity index is 1060. The van der Waals surface area contributed by atoms with Gasteiger partial charge >= 0.3 is 0 Å². The molecular formula is C20H21ClN2O8S2. The number of hydrogen-bond acceptors (Lipinski definition) is 10. The number of hydrogen-bond donors (Lipinski definition) is 4. The predicted octanol–water partition coefficient (Wildman–Crippen LogP) is 0.842. The van der Waals surface area contributed by atoms with Crippen molar-refractivity contribution >= 4 is 45.0 Å². The number of nitrogens with one attached hydrogen (secondary N) is 1. The average molecular weight is 517 g/mol. The zero-order chi connectivity index (χ0) is 23.7. The van der Waals surface area contributed by atoms with Gasteiger partial charge in [-0.3, -0.25) is 14.4 Å². The molecule has 4 N–H and O–H groups in total. The molecule has 1 aromatic carbocycles. The Morgan fingerprint density at radius 2 is 2.03 bits per heavy atom. The van der Waals surface area contributed by atoms with Gasteiger partial charge in [0.15, 0.2) is 11.5 Å². The minimum atomic E-state index is -1.80. The molecule has 0 radical (unpaired) electrons. The topological polar surface area (TPSA) is 138 Å². The summed E-state index contributed by atoms with van der Waals surface area (Å²) in [5, 5.41) is 34.6. The van der Waals surface area contributed by atoms with Gasteiger partial charge in [0, 0.05) is 12.0 Å². The second kappa shape index (κ2) is 7.85. The quantitative estimate of drug-likeness (QED) is 0.260. The largest absolute Gasteiger partial charge is 0.504 e. The van der Waals surface area contributed by atoms with E-state index >= 15 is 0 Å². The minimum absolute atomic E-state index is 0.102. The summed E-state index contributed by atoms with van der Waals surface area (Å²) < 4.78 is 10.5. The molecular weight excluding hydrogens is 496 g/mol. The minimum Gasteiger partial charge on any atom is -0.504 e. The van der Waals surface area contributed by atoms with Gasteiger partial charge in [-0.05, 0) is 6.07 Å². The molecule has 2 bridgehead atoms. The van der Waals surface area contributed by atoms with E-state index in [0.29, 0.717) is 11.3 Å². The van der Waals surface area contributed by atoms with Crippen LogP contribution < -0.4 is 14.8 Å². The number of carbonyl (C=O) groups excluding carboxylic acids is 2. The molecule has 4 fully saturated rings. The molecule has 4 saturated heterocycles. The van der Waals surface area contributed by atoms with Gasteiger partial charge in [-0.15, -0.1) is 11.6 Å². The number of hydroxylamine groups is 2. The molecule has 0 saturated carbocycles. The van der Waals surface area contributed by atoms with Crippen molar-refractivity contribution in [2.75, 3.05) is 14.2 Å². The monoisotopic (exact) mass is 516 g/mol. The predicted molar refractivity (Wildman–Crippen MR) is 120 cm³/mol. The Morgan fingerprint density at radius 3 is 2.73 bits per heavy atom. The Kier molecular flexibility index (Phi) is 5.46. The SMILES string of the molecule is COc1ccc(C2SSC34CC5(O)C(Cl)C=CC(O)C5ON3C(=O)C2NC4=O)c(O)c1OC. The zero-order valence-electron chi connectivity index (χ0n) is 17.4. The number of aliphatic hydroxyl groups is 2. The number of fused-ring (bicyclic) bond motifs is 4. The second-order valence-corrected chi connectivity index (χ2v) is 11.3. The number of methoxy groups -OCH3 is 2. The van der Waals surface area contributed by atoms with Gasteiger partial charge in [-0.2, -0.15) is 5.06 Å². The fraction of sp³-hybridized carbons (Fsp3) is 0.500. The van der Waals surface area contributed by atoms with E-state index < -0.39 is 51.2 Å². The molecule has 0 aromatic heterocycles. The van der Waals surface area contributed by atoms with Crippen LogP contribution in [0.25, 0.3) is 0 Å². The Hall–Kier alpha value is -1.83. The number of rotatable bonds is 3. The first-order valence-corrected chi connectivity index (χ1v) is 12.7. The summed E-state index contributed by atoms with van der Waals surface area (Å²) >= 11 is 6.35. The fourth-order valence-electron chi connectivity index (χ4n) is 4.66. The van der Waals surface area contributed by atoms with Crippen LogP contribution in [0.1, 0.15) is 17.2 Å². The van der Waals surface area contributed by atoms with E-state index in [4.69, 9.17) is 25.9 Å². The van der Waals surface area contributed by atoms with Crippen LogP contribution in [0, 0.1) is 0 Å². The van der Waals surface area contributed by atoms with Crippen LogP contribution in [0.4, 0.5) is 0 Å². The van der Waals surface area contributed by atoms with Crippen LogP contribution >= 0.6 is 33.2 Å². The standard InChI is InChI=1S/C20H21ClN2O8S2/c1-29-10-5-3-8(13(25)14(10)30-2)15-12-17(26)23-20(33-32-15,18(27)22-12)7-19(28)11(21)6-4-9(24)16(19)31-23/h3-6,9,11-12,15-16,24-25,28H,7H2,1-2H3,(H,22,27). The number of halogens is 1. The number of phenols is 1. The molecule has 33 heavy (non-hydrogen) atoms. The molecule has 7 unspecified atom stereocenters. The van der Waals surface area contributed by atoms with Crippen molar-refractivity contribution in [1.29, 1.82) is 0 Å². The highest BCUT2D eigenvalue weighted by Crippen LogP contribution is 2.61. The first-order chi connectivity index (χ1) is 15.7. The molecule has 178 valence electrons. The molecule has 1 spiro atoms. The highest BCUT2D eigenvalue weighted by Gasteiger charge is 2.69. The van der Waals surface area contributed by atoms with E-state index in [0.717, 1.165) is 15.9 Å². The molecule has 13 heteroatoms. The van der Waals surface area contributed by atoms with Crippen molar-refractivity contribution in [2.45, 2.75) is 45.8 Å². The summed E-state index contributed by atoms with van der Waals surface area (Å²) in [6.45, 7) is 0. The van der Waals surface area contributed by atoms with Gasteiger partial charge in [0.1, 0.15) is 23.9 Å². The van der Waals surface area contributed by atoms with Gasteiger partial charge in [0.2, 0.25) is 10.6 Å². The summed E-state index contributed by atoms with van der Waals surface area (Å²) in [6.07, 6.45) is 0.130. The van der Waals surface area contributed by atoms with Crippen molar-refractivity contribution < 1.29 is 39.2 Å². The molecule has 1 aromatic rings. The maximum absolute atomic E-state index is 13.5. The van der Waals surface area contributed by atoms with Crippen LogP contribution in [0.3, 0.4) is 0 Å². The van der Waals surface area contributed by atoms with E-state index in [1.54, 1.807) is 12.1 Å². The number of carbonyl (C=O) groups is 2. The van der Waals surface area contributed by atoms with Gasteiger partial charge < -0.3 is 30.1 Å². The molecule has 5 aliphatic rings. The fourth-order valence-corrected chi connectivity index (χ4v) is 8.47. The van der Waals surface area contributed by atoms with Crippen molar-refractivity contribution in [3.8, 4) is 17.2 Å².